The van der Waals surface area contributed by atoms with Crippen molar-refractivity contribution < 1.29 is 13.9 Å². The molecule has 3 N–H and O–H groups in total. The molecule has 2 heterocycles. The lowest BCUT2D eigenvalue weighted by molar-refractivity contribution is 0.0522. The number of H-pyrrole nitrogens is 1. The molecule has 0 aliphatic heterocycles. The fourth-order valence-corrected chi connectivity index (χ4v) is 2.74. The second-order valence-corrected chi connectivity index (χ2v) is 5.52. The number of esters is 1. The zero-order valence-electron chi connectivity index (χ0n) is 13.0. The number of benzene rings is 1. The van der Waals surface area contributed by atoms with Gasteiger partial charge in [0.1, 0.15) is 11.3 Å². The highest BCUT2D eigenvalue weighted by atomic mass is 35.5. The Morgan fingerprint density at radius 3 is 2.92 bits per heavy atom. The highest BCUT2D eigenvalue weighted by Gasteiger charge is 2.26. The van der Waals surface area contributed by atoms with Gasteiger partial charge in [-0.1, -0.05) is 17.7 Å². The molecule has 2 aromatic heterocycles. The van der Waals surface area contributed by atoms with Gasteiger partial charge in [-0.05, 0) is 25.5 Å². The molecule has 3 rings (SSSR count). The van der Waals surface area contributed by atoms with Crippen LogP contribution in [0.4, 0.5) is 10.1 Å². The molecule has 0 amide bonds. The van der Waals surface area contributed by atoms with E-state index < -0.39 is 17.3 Å². The molecule has 0 aliphatic carbocycles. The Bertz CT molecular complexity index is 955. The van der Waals surface area contributed by atoms with Gasteiger partial charge in [0.2, 0.25) is 0 Å². The number of pyridine rings is 1. The second kappa shape index (κ2) is 6.09. The van der Waals surface area contributed by atoms with Gasteiger partial charge in [-0.25, -0.2) is 14.2 Å². The summed E-state index contributed by atoms with van der Waals surface area (Å²) in [5, 5.41) is 7.28. The number of fused-ring (bicyclic) bond motifs is 1. The highest BCUT2D eigenvalue weighted by Crippen LogP contribution is 2.36. The molecule has 0 spiro atoms. The second-order valence-electron chi connectivity index (χ2n) is 5.16. The van der Waals surface area contributed by atoms with Crippen molar-refractivity contribution in [2.75, 3.05) is 12.3 Å². The number of nitrogens with one attached hydrogen (secondary N) is 1. The number of aryl methyl sites for hydroxylation is 1. The van der Waals surface area contributed by atoms with Crippen molar-refractivity contribution in [3.63, 3.8) is 0 Å². The summed E-state index contributed by atoms with van der Waals surface area (Å²) in [5.74, 6) is -1.75. The molecule has 0 saturated carbocycles. The molecular formula is C16H14ClFN4O2. The molecule has 8 heteroatoms. The number of carbonyl (C=O) groups is 1. The van der Waals surface area contributed by atoms with E-state index >= 15 is 4.39 Å². The normalized spacial score (nSPS) is 11.0. The summed E-state index contributed by atoms with van der Waals surface area (Å²) < 4.78 is 19.9. The number of nitrogens with zero attached hydrogens (tertiary/aromatic N) is 2. The number of nitrogen functional groups attached to an aromatic ring is 1. The molecule has 0 fully saturated rings. The van der Waals surface area contributed by atoms with Crippen molar-refractivity contribution in [3.05, 3.63) is 40.4 Å². The Kier molecular flexibility index (Phi) is 4.11. The van der Waals surface area contributed by atoms with Crippen molar-refractivity contribution >= 4 is 34.2 Å². The molecular weight excluding hydrogens is 335 g/mol. The fourth-order valence-electron chi connectivity index (χ4n) is 2.56. The van der Waals surface area contributed by atoms with Crippen LogP contribution in [0.25, 0.3) is 22.2 Å². The molecule has 24 heavy (non-hydrogen) atoms. The largest absolute Gasteiger partial charge is 0.462 e. The first-order chi connectivity index (χ1) is 11.5. The van der Waals surface area contributed by atoms with Gasteiger partial charge in [0, 0.05) is 10.9 Å². The summed E-state index contributed by atoms with van der Waals surface area (Å²) in [5.41, 5.74) is 6.98. The average molecular weight is 349 g/mol. The number of hydrogen-bond acceptors (Lipinski definition) is 5. The Balaban J connectivity index is 2.34. The molecule has 0 saturated heterocycles. The Morgan fingerprint density at radius 1 is 1.46 bits per heavy atom. The zero-order valence-corrected chi connectivity index (χ0v) is 13.7. The van der Waals surface area contributed by atoms with Crippen molar-refractivity contribution in [1.82, 2.24) is 15.2 Å². The summed E-state index contributed by atoms with van der Waals surface area (Å²) in [6.07, 6.45) is 1.56. The molecule has 124 valence electrons. The number of anilines is 1. The van der Waals surface area contributed by atoms with Crippen LogP contribution >= 0.6 is 11.6 Å². The average Bonchev–Trinajstić information content (AvgIpc) is 3.00. The minimum absolute atomic E-state index is 0.0678. The number of nitrogens with two attached hydrogens (primary N) is 1. The lowest BCUT2D eigenvalue weighted by atomic mass is 9.99. The van der Waals surface area contributed by atoms with Gasteiger partial charge < -0.3 is 10.5 Å². The quantitative estimate of drug-likeness (QED) is 0.558. The zero-order chi connectivity index (χ0) is 17.4. The maximum absolute atomic E-state index is 15.1. The van der Waals surface area contributed by atoms with E-state index in [2.05, 4.69) is 15.2 Å². The summed E-state index contributed by atoms with van der Waals surface area (Å²) in [6, 6.07) is 3.62. The summed E-state index contributed by atoms with van der Waals surface area (Å²) >= 11 is 6.03. The molecule has 1 aromatic carbocycles. The van der Waals surface area contributed by atoms with Crippen molar-refractivity contribution in [3.8, 4) is 11.3 Å². The third-order valence-electron chi connectivity index (χ3n) is 3.68. The number of ether oxygens (including phenoxy) is 1. The predicted molar refractivity (Wildman–Crippen MR) is 89.4 cm³/mol. The number of hydrogen-bond donors (Lipinski definition) is 2. The van der Waals surface area contributed by atoms with Gasteiger partial charge in [0.05, 0.1) is 24.0 Å². The molecule has 0 radical (unpaired) electrons. The topological polar surface area (TPSA) is 93.9 Å². The Morgan fingerprint density at radius 2 is 2.21 bits per heavy atom. The van der Waals surface area contributed by atoms with Crippen LogP contribution in [-0.2, 0) is 4.74 Å². The predicted octanol–water partition coefficient (Wildman–Crippen LogP) is 3.48. The van der Waals surface area contributed by atoms with Crippen LogP contribution in [0, 0.1) is 12.7 Å². The van der Waals surface area contributed by atoms with E-state index in [0.717, 1.165) is 5.56 Å². The standard InChI is InChI=1S/C16H14ClFN4O2/c1-3-24-16(23)11-12(18)14(21-15(17)13(11)19)10-7(2)4-5-9-8(10)6-20-22-9/h4-6H,3,19H2,1-2H3,(H,20,22). The molecule has 0 aliphatic rings. The van der Waals surface area contributed by atoms with E-state index in [0.29, 0.717) is 16.5 Å². The Hall–Kier alpha value is -2.67. The van der Waals surface area contributed by atoms with Crippen LogP contribution < -0.4 is 5.73 Å². The molecule has 6 nitrogen and oxygen atoms in total. The Labute approximate surface area is 141 Å². The first kappa shape index (κ1) is 16.2. The van der Waals surface area contributed by atoms with Gasteiger partial charge in [-0.2, -0.15) is 5.10 Å². The van der Waals surface area contributed by atoms with Gasteiger partial charge in [0.15, 0.2) is 11.0 Å². The monoisotopic (exact) mass is 348 g/mol. The van der Waals surface area contributed by atoms with Crippen LogP contribution in [0.5, 0.6) is 0 Å². The molecule has 0 atom stereocenters. The fraction of sp³-hybridized carbons (Fsp3) is 0.188. The third-order valence-corrected chi connectivity index (χ3v) is 3.97. The SMILES string of the molecule is CCOC(=O)c1c(N)c(Cl)nc(-c2c(C)ccc3[nH]ncc23)c1F. The van der Waals surface area contributed by atoms with Crippen LogP contribution in [0.15, 0.2) is 18.3 Å². The van der Waals surface area contributed by atoms with E-state index in [1.807, 2.05) is 6.07 Å². The lowest BCUT2D eigenvalue weighted by Gasteiger charge is -2.13. The summed E-state index contributed by atoms with van der Waals surface area (Å²) in [4.78, 5) is 16.1. The van der Waals surface area contributed by atoms with Crippen molar-refractivity contribution in [2.45, 2.75) is 13.8 Å². The molecule has 3 aromatic rings. The van der Waals surface area contributed by atoms with Crippen molar-refractivity contribution in [2.24, 2.45) is 0 Å². The molecule has 0 bridgehead atoms. The maximum Gasteiger partial charge on any atom is 0.343 e. The van der Waals surface area contributed by atoms with Crippen molar-refractivity contribution in [1.29, 1.82) is 0 Å². The van der Waals surface area contributed by atoms with E-state index in [4.69, 9.17) is 22.1 Å². The van der Waals surface area contributed by atoms with Gasteiger partial charge in [-0.3, -0.25) is 5.10 Å². The van der Waals surface area contributed by atoms with Crippen LogP contribution in [0.1, 0.15) is 22.8 Å². The van der Waals surface area contributed by atoms with E-state index in [-0.39, 0.29) is 23.1 Å². The van der Waals surface area contributed by atoms with E-state index in [9.17, 15) is 4.79 Å². The first-order valence-electron chi connectivity index (χ1n) is 7.20. The van der Waals surface area contributed by atoms with E-state index in [1.54, 1.807) is 26.1 Å². The van der Waals surface area contributed by atoms with Crippen LogP contribution in [0.2, 0.25) is 5.15 Å². The third kappa shape index (κ3) is 2.46. The first-order valence-corrected chi connectivity index (χ1v) is 7.58. The summed E-state index contributed by atoms with van der Waals surface area (Å²) in [6.45, 7) is 3.51. The minimum atomic E-state index is -0.880. The van der Waals surface area contributed by atoms with Gasteiger partial charge in [-0.15, -0.1) is 0 Å². The number of carbonyl (C=O) groups excluding carboxylic acids is 1. The smallest absolute Gasteiger partial charge is 0.343 e. The lowest BCUT2D eigenvalue weighted by Crippen LogP contribution is -2.13. The van der Waals surface area contributed by atoms with Crippen LogP contribution in [0.3, 0.4) is 0 Å². The number of aromatic nitrogens is 3. The minimum Gasteiger partial charge on any atom is -0.462 e. The van der Waals surface area contributed by atoms with Crippen LogP contribution in [-0.4, -0.2) is 27.8 Å². The summed E-state index contributed by atoms with van der Waals surface area (Å²) in [7, 11) is 0. The number of aromatic amines is 1. The highest BCUT2D eigenvalue weighted by molar-refractivity contribution is 6.33. The van der Waals surface area contributed by atoms with E-state index in [1.165, 1.54) is 0 Å². The molecule has 0 unspecified atom stereocenters. The number of halogens is 2. The maximum atomic E-state index is 15.1. The van der Waals surface area contributed by atoms with Gasteiger partial charge in [0.25, 0.3) is 0 Å². The number of rotatable bonds is 3. The van der Waals surface area contributed by atoms with Gasteiger partial charge >= 0.3 is 5.97 Å².